The number of carbonyl (C=O) groups excluding carboxylic acids is 1. The van der Waals surface area contributed by atoms with E-state index in [1.807, 2.05) is 24.3 Å². The summed E-state index contributed by atoms with van der Waals surface area (Å²) >= 11 is 0. The van der Waals surface area contributed by atoms with Crippen molar-refractivity contribution in [2.45, 2.75) is 6.54 Å². The fourth-order valence-electron chi connectivity index (χ4n) is 2.96. The SMILES string of the molecule is Cn1ccnc1CN1CCN(CC(=O)N2CCOCC2)CC1. The van der Waals surface area contributed by atoms with Gasteiger partial charge in [0.15, 0.2) is 0 Å². The van der Waals surface area contributed by atoms with Gasteiger partial charge in [0.1, 0.15) is 5.82 Å². The average molecular weight is 307 g/mol. The quantitative estimate of drug-likeness (QED) is 0.743. The molecule has 0 spiro atoms. The topological polar surface area (TPSA) is 53.8 Å². The standard InChI is InChI=1S/C15H25N5O2/c1-17-3-2-16-14(17)12-18-4-6-19(7-5-18)13-15(21)20-8-10-22-11-9-20/h2-3H,4-13H2,1H3. The van der Waals surface area contributed by atoms with Gasteiger partial charge in [0.25, 0.3) is 0 Å². The first-order valence-electron chi connectivity index (χ1n) is 7.99. The van der Waals surface area contributed by atoms with Gasteiger partial charge in [-0.1, -0.05) is 0 Å². The first-order chi connectivity index (χ1) is 10.7. The summed E-state index contributed by atoms with van der Waals surface area (Å²) < 4.78 is 7.36. The predicted molar refractivity (Wildman–Crippen MR) is 82.3 cm³/mol. The van der Waals surface area contributed by atoms with Crippen LogP contribution in [0.3, 0.4) is 0 Å². The van der Waals surface area contributed by atoms with E-state index < -0.39 is 0 Å². The van der Waals surface area contributed by atoms with Crippen LogP contribution >= 0.6 is 0 Å². The molecule has 2 fully saturated rings. The average Bonchev–Trinajstić information content (AvgIpc) is 2.95. The van der Waals surface area contributed by atoms with E-state index in [-0.39, 0.29) is 5.91 Å². The smallest absolute Gasteiger partial charge is 0.236 e. The van der Waals surface area contributed by atoms with Crippen LogP contribution in [0.15, 0.2) is 12.4 Å². The second kappa shape index (κ2) is 7.21. The van der Waals surface area contributed by atoms with Crippen LogP contribution in [-0.2, 0) is 23.1 Å². The van der Waals surface area contributed by atoms with E-state index in [9.17, 15) is 4.79 Å². The first-order valence-corrected chi connectivity index (χ1v) is 7.99. The molecular weight excluding hydrogens is 282 g/mol. The number of amides is 1. The van der Waals surface area contributed by atoms with Crippen LogP contribution in [0.2, 0.25) is 0 Å². The fourth-order valence-corrected chi connectivity index (χ4v) is 2.96. The monoisotopic (exact) mass is 307 g/mol. The number of hydrogen-bond donors (Lipinski definition) is 0. The van der Waals surface area contributed by atoms with Crippen LogP contribution < -0.4 is 0 Å². The molecule has 0 bridgehead atoms. The summed E-state index contributed by atoms with van der Waals surface area (Å²) in [6.07, 6.45) is 3.82. The highest BCUT2D eigenvalue weighted by Gasteiger charge is 2.23. The molecule has 2 aliphatic rings. The molecule has 7 nitrogen and oxygen atoms in total. The molecule has 2 saturated heterocycles. The van der Waals surface area contributed by atoms with Crippen molar-refractivity contribution >= 4 is 5.91 Å². The number of aryl methyl sites for hydroxylation is 1. The van der Waals surface area contributed by atoms with Gasteiger partial charge < -0.3 is 14.2 Å². The van der Waals surface area contributed by atoms with Gasteiger partial charge in [-0.3, -0.25) is 14.6 Å². The molecule has 0 N–H and O–H groups in total. The van der Waals surface area contributed by atoms with E-state index >= 15 is 0 Å². The molecule has 0 saturated carbocycles. The molecule has 1 aromatic heterocycles. The maximum Gasteiger partial charge on any atom is 0.236 e. The Bertz CT molecular complexity index is 490. The number of rotatable bonds is 4. The predicted octanol–water partition coefficient (Wildman–Crippen LogP) is -0.603. The molecule has 0 unspecified atom stereocenters. The minimum atomic E-state index is 0.237. The number of ether oxygens (including phenoxy) is 1. The Morgan fingerprint density at radius 1 is 1.14 bits per heavy atom. The van der Waals surface area contributed by atoms with Crippen molar-refractivity contribution in [1.29, 1.82) is 0 Å². The van der Waals surface area contributed by atoms with E-state index in [0.29, 0.717) is 19.8 Å². The molecule has 7 heteroatoms. The fraction of sp³-hybridized carbons (Fsp3) is 0.733. The maximum absolute atomic E-state index is 12.3. The minimum absolute atomic E-state index is 0.237. The zero-order valence-electron chi connectivity index (χ0n) is 13.3. The van der Waals surface area contributed by atoms with Gasteiger partial charge in [-0.05, 0) is 0 Å². The second-order valence-electron chi connectivity index (χ2n) is 6.00. The second-order valence-corrected chi connectivity index (χ2v) is 6.00. The van der Waals surface area contributed by atoms with Gasteiger partial charge in [-0.15, -0.1) is 0 Å². The molecule has 1 amide bonds. The van der Waals surface area contributed by atoms with Gasteiger partial charge in [0.05, 0.1) is 26.3 Å². The number of carbonyl (C=O) groups is 1. The van der Waals surface area contributed by atoms with Crippen LogP contribution in [0.1, 0.15) is 5.82 Å². The van der Waals surface area contributed by atoms with Gasteiger partial charge in [-0.25, -0.2) is 4.98 Å². The lowest BCUT2D eigenvalue weighted by Crippen LogP contribution is -2.51. The van der Waals surface area contributed by atoms with E-state index in [1.54, 1.807) is 0 Å². The Hall–Kier alpha value is -1.44. The number of imidazole rings is 1. The van der Waals surface area contributed by atoms with E-state index in [4.69, 9.17) is 4.74 Å². The van der Waals surface area contributed by atoms with Crippen molar-refractivity contribution in [3.8, 4) is 0 Å². The molecular formula is C15H25N5O2. The molecule has 22 heavy (non-hydrogen) atoms. The summed E-state index contributed by atoms with van der Waals surface area (Å²) in [4.78, 5) is 23.2. The summed E-state index contributed by atoms with van der Waals surface area (Å²) in [5, 5.41) is 0. The Morgan fingerprint density at radius 3 is 2.45 bits per heavy atom. The normalized spacial score (nSPS) is 21.2. The Balaban J connectivity index is 1.41. The lowest BCUT2D eigenvalue weighted by atomic mass is 10.3. The lowest BCUT2D eigenvalue weighted by Gasteiger charge is -2.35. The van der Waals surface area contributed by atoms with Crippen molar-refractivity contribution in [3.05, 3.63) is 18.2 Å². The van der Waals surface area contributed by atoms with E-state index in [2.05, 4.69) is 19.4 Å². The minimum Gasteiger partial charge on any atom is -0.378 e. The van der Waals surface area contributed by atoms with Crippen molar-refractivity contribution in [2.75, 3.05) is 59.0 Å². The summed E-state index contributed by atoms with van der Waals surface area (Å²) in [6.45, 7) is 8.10. The molecule has 0 atom stereocenters. The number of hydrogen-bond acceptors (Lipinski definition) is 5. The van der Waals surface area contributed by atoms with Crippen LogP contribution in [0.25, 0.3) is 0 Å². The van der Waals surface area contributed by atoms with Crippen molar-refractivity contribution in [1.82, 2.24) is 24.3 Å². The summed E-state index contributed by atoms with van der Waals surface area (Å²) in [5.41, 5.74) is 0. The summed E-state index contributed by atoms with van der Waals surface area (Å²) in [7, 11) is 2.03. The van der Waals surface area contributed by atoms with Gasteiger partial charge in [0, 0.05) is 58.7 Å². The molecule has 0 aromatic carbocycles. The maximum atomic E-state index is 12.3. The third kappa shape index (κ3) is 3.85. The zero-order valence-corrected chi connectivity index (χ0v) is 13.3. The number of piperazine rings is 1. The Morgan fingerprint density at radius 2 is 1.82 bits per heavy atom. The summed E-state index contributed by atoms with van der Waals surface area (Å²) in [5.74, 6) is 1.33. The first kappa shape index (κ1) is 15.5. The molecule has 3 heterocycles. The number of aromatic nitrogens is 2. The van der Waals surface area contributed by atoms with E-state index in [0.717, 1.165) is 51.6 Å². The van der Waals surface area contributed by atoms with Crippen molar-refractivity contribution < 1.29 is 9.53 Å². The number of morpholine rings is 1. The zero-order chi connectivity index (χ0) is 15.4. The molecule has 3 rings (SSSR count). The molecule has 122 valence electrons. The lowest BCUT2D eigenvalue weighted by molar-refractivity contribution is -0.136. The third-order valence-electron chi connectivity index (χ3n) is 4.47. The summed E-state index contributed by atoms with van der Waals surface area (Å²) in [6, 6.07) is 0. The van der Waals surface area contributed by atoms with Crippen LogP contribution in [0, 0.1) is 0 Å². The highest BCUT2D eigenvalue weighted by Crippen LogP contribution is 2.07. The Kier molecular flexibility index (Phi) is 5.07. The van der Waals surface area contributed by atoms with Crippen LogP contribution in [0.5, 0.6) is 0 Å². The largest absolute Gasteiger partial charge is 0.378 e. The highest BCUT2D eigenvalue weighted by molar-refractivity contribution is 5.78. The van der Waals surface area contributed by atoms with Crippen molar-refractivity contribution in [2.24, 2.45) is 7.05 Å². The number of nitrogens with zero attached hydrogens (tertiary/aromatic N) is 5. The molecule has 2 aliphatic heterocycles. The van der Waals surface area contributed by atoms with Crippen LogP contribution in [-0.4, -0.2) is 89.2 Å². The van der Waals surface area contributed by atoms with Gasteiger partial charge in [-0.2, -0.15) is 0 Å². The van der Waals surface area contributed by atoms with Crippen molar-refractivity contribution in [3.63, 3.8) is 0 Å². The van der Waals surface area contributed by atoms with Gasteiger partial charge >= 0.3 is 0 Å². The highest BCUT2D eigenvalue weighted by atomic mass is 16.5. The van der Waals surface area contributed by atoms with Gasteiger partial charge in [0.2, 0.25) is 5.91 Å². The molecule has 1 aromatic rings. The molecule has 0 aliphatic carbocycles. The van der Waals surface area contributed by atoms with Crippen LogP contribution in [0.4, 0.5) is 0 Å². The third-order valence-corrected chi connectivity index (χ3v) is 4.47. The Labute approximate surface area is 131 Å². The molecule has 0 radical (unpaired) electrons. The van der Waals surface area contributed by atoms with E-state index in [1.165, 1.54) is 0 Å².